The van der Waals surface area contributed by atoms with E-state index in [0.29, 0.717) is 25.7 Å². The van der Waals surface area contributed by atoms with Gasteiger partial charge >= 0.3 is 0 Å². The lowest BCUT2D eigenvalue weighted by Gasteiger charge is -2.15. The highest BCUT2D eigenvalue weighted by atomic mass is 32.2. The number of rotatable bonds is 7. The summed E-state index contributed by atoms with van der Waals surface area (Å²) in [5.41, 5.74) is 0. The van der Waals surface area contributed by atoms with Crippen LogP contribution >= 0.6 is 0 Å². The summed E-state index contributed by atoms with van der Waals surface area (Å²) in [5.74, 6) is 0. The Hall–Kier alpha value is -0.170. The van der Waals surface area contributed by atoms with Gasteiger partial charge in [0.05, 0.1) is 0 Å². The monoisotopic (exact) mass is 247 g/mol. The Morgan fingerprint density at radius 3 is 2.44 bits per heavy atom. The maximum Gasteiger partial charge on any atom is 0.279 e. The smallest absolute Gasteiger partial charge is 0.279 e. The van der Waals surface area contributed by atoms with Crippen LogP contribution in [0.3, 0.4) is 0 Å². The second-order valence-electron chi connectivity index (χ2n) is 4.59. The van der Waals surface area contributed by atoms with Crippen molar-refractivity contribution in [1.29, 1.82) is 0 Å². The van der Waals surface area contributed by atoms with E-state index in [1.165, 1.54) is 12.8 Å². The number of hydrogen-bond acceptors (Lipinski definition) is 3. The van der Waals surface area contributed by atoms with Crippen LogP contribution in [0.4, 0.5) is 0 Å². The van der Waals surface area contributed by atoms with Crippen LogP contribution in [0.25, 0.3) is 0 Å². The molecule has 1 saturated heterocycles. The Morgan fingerprint density at radius 1 is 1.12 bits per heavy atom. The molecule has 1 aliphatic heterocycles. The fourth-order valence-corrected chi connectivity index (χ4v) is 3.23. The summed E-state index contributed by atoms with van der Waals surface area (Å²) in [5, 5.41) is 3.36. The zero-order valence-electron chi connectivity index (χ0n) is 9.61. The van der Waals surface area contributed by atoms with Crippen molar-refractivity contribution in [3.63, 3.8) is 0 Å². The molecule has 2 fully saturated rings. The highest BCUT2D eigenvalue weighted by molar-refractivity contribution is 7.87. The van der Waals surface area contributed by atoms with Crippen molar-refractivity contribution in [1.82, 2.24) is 14.3 Å². The van der Waals surface area contributed by atoms with Gasteiger partial charge < -0.3 is 5.32 Å². The van der Waals surface area contributed by atoms with Gasteiger partial charge in [-0.25, -0.2) is 4.72 Å². The highest BCUT2D eigenvalue weighted by Crippen LogP contribution is 2.18. The van der Waals surface area contributed by atoms with Crippen molar-refractivity contribution >= 4 is 10.2 Å². The molecule has 0 atom stereocenters. The number of nitrogens with zero attached hydrogens (tertiary/aromatic N) is 1. The molecule has 0 radical (unpaired) electrons. The van der Waals surface area contributed by atoms with Crippen LogP contribution < -0.4 is 10.0 Å². The second-order valence-corrected chi connectivity index (χ2v) is 6.34. The van der Waals surface area contributed by atoms with Crippen molar-refractivity contribution in [3.05, 3.63) is 0 Å². The minimum Gasteiger partial charge on any atom is -0.314 e. The zero-order chi connectivity index (χ0) is 11.4. The molecule has 16 heavy (non-hydrogen) atoms. The summed E-state index contributed by atoms with van der Waals surface area (Å²) in [4.78, 5) is 0. The van der Waals surface area contributed by atoms with E-state index < -0.39 is 10.2 Å². The Labute approximate surface area is 97.8 Å². The highest BCUT2D eigenvalue weighted by Gasteiger charge is 2.24. The van der Waals surface area contributed by atoms with Gasteiger partial charge in [-0.1, -0.05) is 0 Å². The van der Waals surface area contributed by atoms with Gasteiger partial charge in [0.2, 0.25) is 0 Å². The molecule has 1 saturated carbocycles. The summed E-state index contributed by atoms with van der Waals surface area (Å²) < 4.78 is 27.7. The molecule has 0 aromatic rings. The first-order valence-corrected chi connectivity index (χ1v) is 7.60. The maximum absolute atomic E-state index is 11.7. The number of hydrogen-bond donors (Lipinski definition) is 2. The first kappa shape index (κ1) is 12.3. The Balaban J connectivity index is 1.59. The lowest BCUT2D eigenvalue weighted by molar-refractivity contribution is 0.463. The van der Waals surface area contributed by atoms with Gasteiger partial charge in [-0.2, -0.15) is 12.7 Å². The van der Waals surface area contributed by atoms with Crippen molar-refractivity contribution in [2.75, 3.05) is 26.2 Å². The standard InChI is InChI=1S/C10H21N3O2S/c14-16(15,13-8-1-2-9-13)12-7-3-6-11-10-4-5-10/h10-12H,1-9H2. The van der Waals surface area contributed by atoms with Crippen LogP contribution in [-0.2, 0) is 10.2 Å². The minimum absolute atomic E-state index is 0.540. The Morgan fingerprint density at radius 2 is 1.81 bits per heavy atom. The molecular formula is C10H21N3O2S. The van der Waals surface area contributed by atoms with E-state index in [0.717, 1.165) is 25.8 Å². The molecule has 94 valence electrons. The quantitative estimate of drug-likeness (QED) is 0.625. The van der Waals surface area contributed by atoms with Gasteiger partial charge in [-0.3, -0.25) is 0 Å². The van der Waals surface area contributed by atoms with Crippen molar-refractivity contribution in [2.24, 2.45) is 0 Å². The molecule has 2 rings (SSSR count). The van der Waals surface area contributed by atoms with Gasteiger partial charge in [-0.05, 0) is 38.6 Å². The van der Waals surface area contributed by atoms with E-state index in [4.69, 9.17) is 0 Å². The SMILES string of the molecule is O=S(=O)(NCCCNC1CC1)N1CCCC1. The van der Waals surface area contributed by atoms with E-state index in [-0.39, 0.29) is 0 Å². The third kappa shape index (κ3) is 3.69. The third-order valence-electron chi connectivity index (χ3n) is 3.05. The molecule has 0 bridgehead atoms. The molecule has 0 aromatic carbocycles. The third-order valence-corrected chi connectivity index (χ3v) is 4.67. The summed E-state index contributed by atoms with van der Waals surface area (Å²) in [6, 6.07) is 0.704. The van der Waals surface area contributed by atoms with Crippen LogP contribution in [0.5, 0.6) is 0 Å². The summed E-state index contributed by atoms with van der Waals surface area (Å²) in [6.07, 6.45) is 5.40. The molecule has 6 heteroatoms. The average Bonchev–Trinajstić information content (AvgIpc) is 2.89. The van der Waals surface area contributed by atoms with Crippen LogP contribution in [0.1, 0.15) is 32.1 Å². The minimum atomic E-state index is -3.19. The molecule has 1 heterocycles. The van der Waals surface area contributed by atoms with E-state index in [9.17, 15) is 8.42 Å². The largest absolute Gasteiger partial charge is 0.314 e. The van der Waals surface area contributed by atoms with E-state index in [1.54, 1.807) is 4.31 Å². The first-order valence-electron chi connectivity index (χ1n) is 6.16. The van der Waals surface area contributed by atoms with Crippen molar-refractivity contribution in [3.8, 4) is 0 Å². The van der Waals surface area contributed by atoms with Crippen LogP contribution in [0.15, 0.2) is 0 Å². The maximum atomic E-state index is 11.7. The Bertz CT molecular complexity index is 308. The van der Waals surface area contributed by atoms with E-state index in [1.807, 2.05) is 0 Å². The number of nitrogens with one attached hydrogen (secondary N) is 2. The molecule has 0 aromatic heterocycles. The van der Waals surface area contributed by atoms with Crippen molar-refractivity contribution < 1.29 is 8.42 Å². The molecule has 0 amide bonds. The fourth-order valence-electron chi connectivity index (χ4n) is 1.90. The fraction of sp³-hybridized carbons (Fsp3) is 1.00. The second kappa shape index (κ2) is 5.44. The van der Waals surface area contributed by atoms with E-state index in [2.05, 4.69) is 10.0 Å². The van der Waals surface area contributed by atoms with Crippen LogP contribution in [0.2, 0.25) is 0 Å². The topological polar surface area (TPSA) is 61.4 Å². The predicted molar refractivity (Wildman–Crippen MR) is 63.4 cm³/mol. The molecule has 2 aliphatic rings. The van der Waals surface area contributed by atoms with Crippen molar-refractivity contribution in [2.45, 2.75) is 38.1 Å². The van der Waals surface area contributed by atoms with Gasteiger partial charge in [0.15, 0.2) is 0 Å². The van der Waals surface area contributed by atoms with Gasteiger partial charge in [0.1, 0.15) is 0 Å². The summed E-state index contributed by atoms with van der Waals surface area (Å²) >= 11 is 0. The first-order chi connectivity index (χ1) is 7.68. The van der Waals surface area contributed by atoms with Gasteiger partial charge in [-0.15, -0.1) is 0 Å². The average molecular weight is 247 g/mol. The zero-order valence-corrected chi connectivity index (χ0v) is 10.4. The van der Waals surface area contributed by atoms with Gasteiger partial charge in [0.25, 0.3) is 10.2 Å². The van der Waals surface area contributed by atoms with Crippen LogP contribution in [0, 0.1) is 0 Å². The van der Waals surface area contributed by atoms with Crippen LogP contribution in [-0.4, -0.2) is 44.9 Å². The lowest BCUT2D eigenvalue weighted by atomic mass is 10.4. The molecule has 1 aliphatic carbocycles. The molecule has 0 unspecified atom stereocenters. The van der Waals surface area contributed by atoms with Gasteiger partial charge in [0, 0.05) is 25.7 Å². The molecule has 2 N–H and O–H groups in total. The lowest BCUT2D eigenvalue weighted by Crippen LogP contribution is -2.39. The Kier molecular flexibility index (Phi) is 4.18. The van der Waals surface area contributed by atoms with E-state index >= 15 is 0 Å². The molecular weight excluding hydrogens is 226 g/mol. The molecule has 5 nitrogen and oxygen atoms in total. The predicted octanol–water partition coefficient (Wildman–Crippen LogP) is 0.0587. The molecule has 0 spiro atoms. The summed E-state index contributed by atoms with van der Waals surface area (Å²) in [7, 11) is -3.19. The normalized spacial score (nSPS) is 22.8. The summed E-state index contributed by atoms with van der Waals surface area (Å²) in [6.45, 7) is 2.80.